The summed E-state index contributed by atoms with van der Waals surface area (Å²) in [6.45, 7) is 6.38. The van der Waals surface area contributed by atoms with E-state index in [4.69, 9.17) is 10.1 Å². The van der Waals surface area contributed by atoms with Crippen LogP contribution in [-0.2, 0) is 4.74 Å². The lowest BCUT2D eigenvalue weighted by molar-refractivity contribution is 0.397. The van der Waals surface area contributed by atoms with E-state index in [-0.39, 0.29) is 4.75 Å². The molecule has 0 aromatic rings. The summed E-state index contributed by atoms with van der Waals surface area (Å²) >= 11 is 1.72. The Morgan fingerprint density at radius 3 is 2.30 bits per heavy atom. The fourth-order valence-corrected chi connectivity index (χ4v) is 1.02. The molecule has 0 aliphatic carbocycles. The maximum Gasteiger partial charge on any atom is 0.190 e. The van der Waals surface area contributed by atoms with E-state index in [0.29, 0.717) is 11.7 Å². The van der Waals surface area contributed by atoms with Gasteiger partial charge in [0.1, 0.15) is 0 Å². The molecule has 0 aliphatic rings. The highest BCUT2D eigenvalue weighted by atomic mass is 32.2. The zero-order chi connectivity index (χ0) is 8.20. The van der Waals surface area contributed by atoms with Crippen LogP contribution in [0.5, 0.6) is 0 Å². The van der Waals surface area contributed by atoms with Crippen LogP contribution in [0.2, 0.25) is 0 Å². The lowest BCUT2D eigenvalue weighted by Gasteiger charge is -2.16. The van der Waals surface area contributed by atoms with Crippen molar-refractivity contribution in [2.24, 2.45) is 0 Å². The molecule has 0 heterocycles. The Bertz CT molecular complexity index is 117. The van der Waals surface area contributed by atoms with Crippen molar-refractivity contribution >= 4 is 17.7 Å². The fraction of sp³-hybridized carbons (Fsp3) is 0.857. The largest absolute Gasteiger partial charge is 0.484 e. The van der Waals surface area contributed by atoms with Gasteiger partial charge in [-0.05, 0) is 0 Å². The topological polar surface area (TPSA) is 33.1 Å². The Morgan fingerprint density at radius 2 is 2.00 bits per heavy atom. The highest BCUT2D eigenvalue weighted by molar-refractivity contribution is 8.01. The number of hydrogen-bond donors (Lipinski definition) is 1. The van der Waals surface area contributed by atoms with Crippen molar-refractivity contribution in [2.45, 2.75) is 25.5 Å². The summed E-state index contributed by atoms with van der Waals surface area (Å²) in [6, 6.07) is 0. The minimum Gasteiger partial charge on any atom is -0.484 e. The maximum absolute atomic E-state index is 7.17. The van der Waals surface area contributed by atoms with Crippen molar-refractivity contribution in [1.29, 1.82) is 5.41 Å². The van der Waals surface area contributed by atoms with Crippen molar-refractivity contribution in [2.75, 3.05) is 12.9 Å². The summed E-state index contributed by atoms with van der Waals surface area (Å²) < 4.78 is 4.94. The van der Waals surface area contributed by atoms with Crippen LogP contribution in [0.1, 0.15) is 20.8 Å². The van der Waals surface area contributed by atoms with Gasteiger partial charge in [0.2, 0.25) is 0 Å². The van der Waals surface area contributed by atoms with E-state index in [1.807, 2.05) is 0 Å². The molecule has 0 radical (unpaired) electrons. The van der Waals surface area contributed by atoms with E-state index in [0.717, 1.165) is 0 Å². The number of ether oxygens (including phenoxy) is 1. The fourth-order valence-electron chi connectivity index (χ4n) is 0.341. The van der Waals surface area contributed by atoms with Crippen LogP contribution < -0.4 is 0 Å². The summed E-state index contributed by atoms with van der Waals surface area (Å²) in [5.41, 5.74) is 0. The average Bonchev–Trinajstić information content (AvgIpc) is 1.81. The third-order valence-corrected chi connectivity index (χ3v) is 2.16. The standard InChI is InChI=1S/C7H15NOS/c1-7(2,3)10-5-6(8)9-4/h8H,5H2,1-4H3. The normalized spacial score (nSPS) is 11.2. The Balaban J connectivity index is 3.46. The van der Waals surface area contributed by atoms with Gasteiger partial charge in [0.25, 0.3) is 0 Å². The van der Waals surface area contributed by atoms with Gasteiger partial charge >= 0.3 is 0 Å². The van der Waals surface area contributed by atoms with E-state index >= 15 is 0 Å². The molecule has 2 nitrogen and oxygen atoms in total. The predicted octanol–water partition coefficient (Wildman–Crippen LogP) is 2.14. The van der Waals surface area contributed by atoms with Crippen molar-refractivity contribution in [3.05, 3.63) is 0 Å². The Kier molecular flexibility index (Phi) is 3.79. The zero-order valence-corrected chi connectivity index (χ0v) is 7.84. The van der Waals surface area contributed by atoms with Gasteiger partial charge in [-0.1, -0.05) is 20.8 Å². The first kappa shape index (κ1) is 9.82. The van der Waals surface area contributed by atoms with Crippen molar-refractivity contribution in [3.63, 3.8) is 0 Å². The van der Waals surface area contributed by atoms with Gasteiger partial charge in [0.15, 0.2) is 5.90 Å². The molecule has 60 valence electrons. The molecule has 0 amide bonds. The Morgan fingerprint density at radius 1 is 1.50 bits per heavy atom. The number of rotatable bonds is 2. The van der Waals surface area contributed by atoms with E-state index in [9.17, 15) is 0 Å². The number of thioether (sulfide) groups is 1. The summed E-state index contributed by atoms with van der Waals surface area (Å²) in [4.78, 5) is 0. The van der Waals surface area contributed by atoms with Crippen LogP contribution in [0.3, 0.4) is 0 Å². The minimum atomic E-state index is 0.227. The van der Waals surface area contributed by atoms with Crippen LogP contribution in [0, 0.1) is 5.41 Å². The third-order valence-electron chi connectivity index (χ3n) is 0.883. The van der Waals surface area contributed by atoms with Gasteiger partial charge in [-0.15, -0.1) is 11.8 Å². The molecular formula is C7H15NOS. The highest BCUT2D eigenvalue weighted by Gasteiger charge is 2.11. The predicted molar refractivity (Wildman–Crippen MR) is 46.9 cm³/mol. The SMILES string of the molecule is COC(=N)CSC(C)(C)C. The lowest BCUT2D eigenvalue weighted by Crippen LogP contribution is -2.13. The zero-order valence-electron chi connectivity index (χ0n) is 7.02. The molecule has 0 aromatic carbocycles. The molecule has 0 unspecified atom stereocenters. The summed E-state index contributed by atoms with van der Waals surface area (Å²) in [5, 5.41) is 7.17. The molecule has 0 bridgehead atoms. The molecule has 0 aromatic heterocycles. The van der Waals surface area contributed by atoms with Gasteiger partial charge < -0.3 is 4.74 Å². The molecule has 1 N–H and O–H groups in total. The van der Waals surface area contributed by atoms with E-state index in [1.54, 1.807) is 11.8 Å². The van der Waals surface area contributed by atoms with Crippen LogP contribution >= 0.6 is 11.8 Å². The second kappa shape index (κ2) is 3.86. The van der Waals surface area contributed by atoms with E-state index < -0.39 is 0 Å². The molecule has 0 rings (SSSR count). The molecular weight excluding hydrogens is 146 g/mol. The smallest absolute Gasteiger partial charge is 0.190 e. The molecule has 0 saturated carbocycles. The minimum absolute atomic E-state index is 0.227. The molecule has 0 spiro atoms. The second-order valence-corrected chi connectivity index (χ2v) is 4.83. The maximum atomic E-state index is 7.17. The summed E-state index contributed by atoms with van der Waals surface area (Å²) in [6.07, 6.45) is 0. The van der Waals surface area contributed by atoms with Crippen LogP contribution in [0.15, 0.2) is 0 Å². The molecule has 0 aliphatic heterocycles. The second-order valence-electron chi connectivity index (χ2n) is 3.03. The van der Waals surface area contributed by atoms with Crippen LogP contribution in [0.4, 0.5) is 0 Å². The Hall–Kier alpha value is -0.180. The van der Waals surface area contributed by atoms with Crippen molar-refractivity contribution < 1.29 is 4.74 Å². The quantitative estimate of drug-likeness (QED) is 0.497. The Labute approximate surface area is 66.9 Å². The molecule has 0 fully saturated rings. The number of nitrogens with one attached hydrogen (secondary N) is 1. The molecule has 0 atom stereocenters. The van der Waals surface area contributed by atoms with Gasteiger partial charge in [-0.25, -0.2) is 0 Å². The van der Waals surface area contributed by atoms with Gasteiger partial charge in [-0.3, -0.25) is 5.41 Å². The molecule has 0 saturated heterocycles. The van der Waals surface area contributed by atoms with E-state index in [2.05, 4.69) is 20.8 Å². The van der Waals surface area contributed by atoms with Crippen molar-refractivity contribution in [3.8, 4) is 0 Å². The number of hydrogen-bond acceptors (Lipinski definition) is 3. The van der Waals surface area contributed by atoms with Gasteiger partial charge in [0, 0.05) is 4.75 Å². The molecule has 3 heteroatoms. The van der Waals surface area contributed by atoms with Crippen LogP contribution in [-0.4, -0.2) is 23.5 Å². The van der Waals surface area contributed by atoms with E-state index in [1.165, 1.54) is 7.11 Å². The third kappa shape index (κ3) is 5.95. The monoisotopic (exact) mass is 161 g/mol. The first-order chi connectivity index (χ1) is 4.45. The summed E-state index contributed by atoms with van der Waals surface area (Å²) in [7, 11) is 1.53. The highest BCUT2D eigenvalue weighted by Crippen LogP contribution is 2.22. The average molecular weight is 161 g/mol. The van der Waals surface area contributed by atoms with Crippen molar-refractivity contribution in [1.82, 2.24) is 0 Å². The number of methoxy groups -OCH3 is 1. The first-order valence-electron chi connectivity index (χ1n) is 3.21. The summed E-state index contributed by atoms with van der Waals surface area (Å²) in [5.74, 6) is 1.01. The van der Waals surface area contributed by atoms with Gasteiger partial charge in [0.05, 0.1) is 12.9 Å². The lowest BCUT2D eigenvalue weighted by atomic mass is 10.3. The first-order valence-corrected chi connectivity index (χ1v) is 4.19. The molecule has 10 heavy (non-hydrogen) atoms. The van der Waals surface area contributed by atoms with Gasteiger partial charge in [-0.2, -0.15) is 0 Å². The van der Waals surface area contributed by atoms with Crippen LogP contribution in [0.25, 0.3) is 0 Å².